The maximum absolute atomic E-state index is 3.37. The molecule has 0 amide bonds. The highest BCUT2D eigenvalue weighted by Gasteiger charge is 2.37. The van der Waals surface area contributed by atoms with E-state index in [2.05, 4.69) is 47.6 Å². The summed E-state index contributed by atoms with van der Waals surface area (Å²) in [6.45, 7) is 2.24. The Kier molecular flexibility index (Phi) is 3.62. The quantitative estimate of drug-likeness (QED) is 0.837. The molecule has 1 aliphatic heterocycles. The zero-order chi connectivity index (χ0) is 11.4. The minimum atomic E-state index is 0.203. The first kappa shape index (κ1) is 11.6. The van der Waals surface area contributed by atoms with Crippen LogP contribution < -0.4 is 5.32 Å². The lowest BCUT2D eigenvalue weighted by Crippen LogP contribution is -2.52. The van der Waals surface area contributed by atoms with Crippen LogP contribution in [0.15, 0.2) is 30.3 Å². The van der Waals surface area contributed by atoms with Gasteiger partial charge in [-0.15, -0.1) is 0 Å². The lowest BCUT2D eigenvalue weighted by molar-refractivity contribution is 0.0716. The molecule has 2 nitrogen and oxygen atoms in total. The normalized spacial score (nSPS) is 26.9. The van der Waals surface area contributed by atoms with Crippen LogP contribution in [-0.2, 0) is 5.54 Å². The highest BCUT2D eigenvalue weighted by atomic mass is 15.2. The van der Waals surface area contributed by atoms with E-state index in [0.717, 1.165) is 6.54 Å². The van der Waals surface area contributed by atoms with Gasteiger partial charge in [-0.3, -0.25) is 4.90 Å². The molecule has 0 saturated carbocycles. The third kappa shape index (κ3) is 2.00. The van der Waals surface area contributed by atoms with Crippen LogP contribution in [0.1, 0.15) is 24.8 Å². The third-order valence-corrected chi connectivity index (χ3v) is 3.84. The highest BCUT2D eigenvalue weighted by molar-refractivity contribution is 5.26. The Morgan fingerprint density at radius 3 is 2.62 bits per heavy atom. The Bertz CT molecular complexity index is 319. The third-order valence-electron chi connectivity index (χ3n) is 3.84. The van der Waals surface area contributed by atoms with E-state index in [1.54, 1.807) is 0 Å². The van der Waals surface area contributed by atoms with Gasteiger partial charge in [-0.2, -0.15) is 0 Å². The SMILES string of the molecule is CNCC1(c2ccccc2)CCCCN1C. The van der Waals surface area contributed by atoms with Gasteiger partial charge in [0.15, 0.2) is 0 Å². The molecule has 1 saturated heterocycles. The van der Waals surface area contributed by atoms with Crippen molar-refractivity contribution in [2.45, 2.75) is 24.8 Å². The van der Waals surface area contributed by atoms with Crippen LogP contribution in [0.25, 0.3) is 0 Å². The van der Waals surface area contributed by atoms with Crippen LogP contribution in [0.4, 0.5) is 0 Å². The number of hydrogen-bond acceptors (Lipinski definition) is 2. The maximum Gasteiger partial charge on any atom is 0.0583 e. The summed E-state index contributed by atoms with van der Waals surface area (Å²) < 4.78 is 0. The lowest BCUT2D eigenvalue weighted by atomic mass is 9.80. The van der Waals surface area contributed by atoms with Crippen molar-refractivity contribution < 1.29 is 0 Å². The van der Waals surface area contributed by atoms with Crippen molar-refractivity contribution in [1.29, 1.82) is 0 Å². The monoisotopic (exact) mass is 218 g/mol. The van der Waals surface area contributed by atoms with Crippen molar-refractivity contribution in [2.75, 3.05) is 27.2 Å². The largest absolute Gasteiger partial charge is 0.318 e. The minimum Gasteiger partial charge on any atom is -0.318 e. The fourth-order valence-corrected chi connectivity index (χ4v) is 2.90. The predicted octanol–water partition coefficient (Wildman–Crippen LogP) is 2.22. The van der Waals surface area contributed by atoms with Gasteiger partial charge in [0.1, 0.15) is 0 Å². The Labute approximate surface area is 98.7 Å². The molecular weight excluding hydrogens is 196 g/mol. The zero-order valence-electron chi connectivity index (χ0n) is 10.4. The molecule has 0 bridgehead atoms. The molecule has 1 aromatic rings. The van der Waals surface area contributed by atoms with Gasteiger partial charge in [0, 0.05) is 6.54 Å². The summed E-state index contributed by atoms with van der Waals surface area (Å²) in [6, 6.07) is 10.9. The number of rotatable bonds is 3. The highest BCUT2D eigenvalue weighted by Crippen LogP contribution is 2.35. The van der Waals surface area contributed by atoms with Gasteiger partial charge < -0.3 is 5.32 Å². The number of likely N-dealkylation sites (tertiary alicyclic amines) is 1. The smallest absolute Gasteiger partial charge is 0.0583 e. The lowest BCUT2D eigenvalue weighted by Gasteiger charge is -2.46. The van der Waals surface area contributed by atoms with Gasteiger partial charge in [0.05, 0.1) is 5.54 Å². The molecule has 1 heterocycles. The van der Waals surface area contributed by atoms with Crippen molar-refractivity contribution >= 4 is 0 Å². The maximum atomic E-state index is 3.37. The van der Waals surface area contributed by atoms with E-state index in [4.69, 9.17) is 0 Å². The molecule has 1 atom stereocenters. The second-order valence-electron chi connectivity index (χ2n) is 4.81. The number of likely N-dealkylation sites (N-methyl/N-ethyl adjacent to an activating group) is 2. The Morgan fingerprint density at radius 1 is 1.25 bits per heavy atom. The molecule has 0 spiro atoms. The summed E-state index contributed by atoms with van der Waals surface area (Å²) in [6.07, 6.45) is 3.92. The Balaban J connectivity index is 2.34. The van der Waals surface area contributed by atoms with Crippen molar-refractivity contribution in [1.82, 2.24) is 10.2 Å². The van der Waals surface area contributed by atoms with E-state index in [1.807, 2.05) is 7.05 Å². The summed E-state index contributed by atoms with van der Waals surface area (Å²) in [5, 5.41) is 3.37. The molecule has 88 valence electrons. The first-order valence-corrected chi connectivity index (χ1v) is 6.21. The van der Waals surface area contributed by atoms with E-state index in [9.17, 15) is 0 Å². The van der Waals surface area contributed by atoms with Gasteiger partial charge in [0.2, 0.25) is 0 Å². The van der Waals surface area contributed by atoms with E-state index in [1.165, 1.54) is 31.4 Å². The van der Waals surface area contributed by atoms with Crippen LogP contribution >= 0.6 is 0 Å². The molecule has 1 aromatic carbocycles. The van der Waals surface area contributed by atoms with Gasteiger partial charge >= 0.3 is 0 Å². The van der Waals surface area contributed by atoms with Crippen molar-refractivity contribution in [3.05, 3.63) is 35.9 Å². The average molecular weight is 218 g/mol. The molecule has 2 rings (SSSR count). The zero-order valence-corrected chi connectivity index (χ0v) is 10.4. The summed E-state index contributed by atoms with van der Waals surface area (Å²) in [5.41, 5.74) is 1.65. The van der Waals surface area contributed by atoms with Crippen LogP contribution in [0, 0.1) is 0 Å². The molecule has 1 aliphatic rings. The minimum absolute atomic E-state index is 0.203. The first-order chi connectivity index (χ1) is 7.79. The molecular formula is C14H22N2. The number of nitrogens with one attached hydrogen (secondary N) is 1. The Hall–Kier alpha value is -0.860. The number of benzene rings is 1. The number of hydrogen-bond donors (Lipinski definition) is 1. The van der Waals surface area contributed by atoms with Crippen LogP contribution in [0.3, 0.4) is 0 Å². The van der Waals surface area contributed by atoms with Gasteiger partial charge in [-0.1, -0.05) is 30.3 Å². The van der Waals surface area contributed by atoms with Gasteiger partial charge in [-0.05, 0) is 45.5 Å². The number of nitrogens with zero attached hydrogens (tertiary/aromatic N) is 1. The summed E-state index contributed by atoms with van der Waals surface area (Å²) in [7, 11) is 4.30. The average Bonchev–Trinajstić information content (AvgIpc) is 2.34. The molecule has 1 N–H and O–H groups in total. The topological polar surface area (TPSA) is 15.3 Å². The molecule has 1 unspecified atom stereocenters. The van der Waals surface area contributed by atoms with Crippen molar-refractivity contribution in [3.8, 4) is 0 Å². The molecule has 16 heavy (non-hydrogen) atoms. The molecule has 0 radical (unpaired) electrons. The van der Waals surface area contributed by atoms with Crippen molar-refractivity contribution in [2.24, 2.45) is 0 Å². The van der Waals surface area contributed by atoms with Crippen LogP contribution in [0.5, 0.6) is 0 Å². The fraction of sp³-hybridized carbons (Fsp3) is 0.571. The van der Waals surface area contributed by atoms with E-state index in [0.29, 0.717) is 0 Å². The second-order valence-corrected chi connectivity index (χ2v) is 4.81. The fourth-order valence-electron chi connectivity index (χ4n) is 2.90. The molecule has 1 fully saturated rings. The second kappa shape index (κ2) is 4.98. The van der Waals surface area contributed by atoms with E-state index in [-0.39, 0.29) is 5.54 Å². The standard InChI is InChI=1S/C14H22N2/c1-15-12-14(10-6-7-11-16(14)2)13-8-4-3-5-9-13/h3-5,8-9,15H,6-7,10-12H2,1-2H3. The van der Waals surface area contributed by atoms with E-state index >= 15 is 0 Å². The van der Waals surface area contributed by atoms with Crippen LogP contribution in [0.2, 0.25) is 0 Å². The molecule has 2 heteroatoms. The van der Waals surface area contributed by atoms with Crippen LogP contribution in [-0.4, -0.2) is 32.1 Å². The van der Waals surface area contributed by atoms with E-state index < -0.39 is 0 Å². The summed E-state index contributed by atoms with van der Waals surface area (Å²) in [4.78, 5) is 2.52. The molecule has 0 aliphatic carbocycles. The van der Waals surface area contributed by atoms with Gasteiger partial charge in [-0.25, -0.2) is 0 Å². The predicted molar refractivity (Wildman–Crippen MR) is 68.5 cm³/mol. The molecule has 0 aromatic heterocycles. The number of piperidine rings is 1. The first-order valence-electron chi connectivity index (χ1n) is 6.21. The van der Waals surface area contributed by atoms with Gasteiger partial charge in [0.25, 0.3) is 0 Å². The Morgan fingerprint density at radius 2 is 2.00 bits per heavy atom. The summed E-state index contributed by atoms with van der Waals surface area (Å²) in [5.74, 6) is 0. The summed E-state index contributed by atoms with van der Waals surface area (Å²) >= 11 is 0. The van der Waals surface area contributed by atoms with Crippen molar-refractivity contribution in [3.63, 3.8) is 0 Å².